The van der Waals surface area contributed by atoms with Crippen molar-refractivity contribution >= 4 is 11.6 Å². The Morgan fingerprint density at radius 3 is 2.75 bits per heavy atom. The summed E-state index contributed by atoms with van der Waals surface area (Å²) in [6.45, 7) is 3.88. The van der Waals surface area contributed by atoms with E-state index in [1.807, 2.05) is 13.8 Å². The van der Waals surface area contributed by atoms with Gasteiger partial charge in [-0.15, -0.1) is 0 Å². The highest BCUT2D eigenvalue weighted by Crippen LogP contribution is 2.50. The van der Waals surface area contributed by atoms with Crippen LogP contribution in [0.1, 0.15) is 38.4 Å². The summed E-state index contributed by atoms with van der Waals surface area (Å²) in [5.74, 6) is 0.00389. The molecule has 0 bridgehead atoms. The second-order valence-electron chi connectivity index (χ2n) is 4.72. The molecule has 16 heavy (non-hydrogen) atoms. The quantitative estimate of drug-likeness (QED) is 0.886. The first-order valence-electron chi connectivity index (χ1n) is 5.63. The van der Waals surface area contributed by atoms with Gasteiger partial charge >= 0.3 is 0 Å². The van der Waals surface area contributed by atoms with Crippen LogP contribution in [0.4, 0.5) is 4.39 Å². The zero-order chi connectivity index (χ0) is 11.9. The molecule has 1 aliphatic carbocycles. The summed E-state index contributed by atoms with van der Waals surface area (Å²) >= 11 is 6.05. The van der Waals surface area contributed by atoms with Crippen molar-refractivity contribution in [3.05, 3.63) is 16.9 Å². The van der Waals surface area contributed by atoms with Crippen LogP contribution in [0.25, 0.3) is 0 Å². The molecular weight excluding hydrogens is 229 g/mol. The van der Waals surface area contributed by atoms with Gasteiger partial charge in [-0.3, -0.25) is 4.68 Å². The van der Waals surface area contributed by atoms with Gasteiger partial charge in [0.05, 0.1) is 16.9 Å². The monoisotopic (exact) mass is 245 g/mol. The van der Waals surface area contributed by atoms with Crippen LogP contribution in [0.5, 0.6) is 0 Å². The van der Waals surface area contributed by atoms with Gasteiger partial charge in [0.25, 0.3) is 0 Å². The lowest BCUT2D eigenvalue weighted by atomic mass is 9.95. The summed E-state index contributed by atoms with van der Waals surface area (Å²) in [5, 5.41) is 4.51. The number of nitrogens with two attached hydrogens (primary N) is 1. The molecule has 3 nitrogen and oxygen atoms in total. The van der Waals surface area contributed by atoms with E-state index in [1.54, 1.807) is 4.68 Å². The van der Waals surface area contributed by atoms with Crippen LogP contribution in [0, 0.1) is 5.92 Å². The van der Waals surface area contributed by atoms with Crippen molar-refractivity contribution in [1.29, 1.82) is 0 Å². The van der Waals surface area contributed by atoms with E-state index in [4.69, 9.17) is 17.3 Å². The second kappa shape index (κ2) is 4.00. The van der Waals surface area contributed by atoms with Gasteiger partial charge in [0.15, 0.2) is 5.67 Å². The molecule has 1 fully saturated rings. The minimum Gasteiger partial charge on any atom is -0.327 e. The molecule has 0 aromatic carbocycles. The van der Waals surface area contributed by atoms with Gasteiger partial charge in [-0.05, 0) is 26.7 Å². The molecule has 1 aromatic heterocycles. The Balaban J connectivity index is 2.48. The summed E-state index contributed by atoms with van der Waals surface area (Å²) in [6, 6.07) is 0.0860. The van der Waals surface area contributed by atoms with E-state index in [-0.39, 0.29) is 18.5 Å². The summed E-state index contributed by atoms with van der Waals surface area (Å²) in [7, 11) is 0. The second-order valence-corrected chi connectivity index (χ2v) is 5.13. The van der Waals surface area contributed by atoms with Gasteiger partial charge in [-0.25, -0.2) is 4.39 Å². The maximum Gasteiger partial charge on any atom is 0.168 e. The predicted octanol–water partition coefficient (Wildman–Crippen LogP) is 2.65. The van der Waals surface area contributed by atoms with Crippen molar-refractivity contribution in [2.24, 2.45) is 11.7 Å². The Hall–Kier alpha value is -0.610. The molecular formula is C11H17ClFN3. The smallest absolute Gasteiger partial charge is 0.168 e. The first-order chi connectivity index (χ1) is 7.50. The van der Waals surface area contributed by atoms with Gasteiger partial charge in [0.1, 0.15) is 0 Å². The minimum absolute atomic E-state index is 0.00389. The number of hydrogen-bond donors (Lipinski definition) is 1. The molecule has 2 rings (SSSR count). The maximum absolute atomic E-state index is 14.9. The zero-order valence-electron chi connectivity index (χ0n) is 9.58. The van der Waals surface area contributed by atoms with Gasteiger partial charge in [-0.2, -0.15) is 5.10 Å². The SMILES string of the molecule is CC(C)n1ncc(Cl)c1C(F)(CN)C1CC1. The van der Waals surface area contributed by atoms with Gasteiger partial charge < -0.3 is 5.73 Å². The van der Waals surface area contributed by atoms with E-state index in [0.29, 0.717) is 10.7 Å². The number of alkyl halides is 1. The summed E-state index contributed by atoms with van der Waals surface area (Å²) in [6.07, 6.45) is 3.27. The topological polar surface area (TPSA) is 43.8 Å². The fraction of sp³-hybridized carbons (Fsp3) is 0.727. The molecule has 1 heterocycles. The predicted molar refractivity (Wildman–Crippen MR) is 62.2 cm³/mol. The van der Waals surface area contributed by atoms with Crippen molar-refractivity contribution in [3.8, 4) is 0 Å². The fourth-order valence-corrected chi connectivity index (χ4v) is 2.41. The molecule has 0 amide bonds. The van der Waals surface area contributed by atoms with Crippen molar-refractivity contribution in [1.82, 2.24) is 9.78 Å². The lowest BCUT2D eigenvalue weighted by molar-refractivity contribution is 0.127. The van der Waals surface area contributed by atoms with Crippen LogP contribution in [0.2, 0.25) is 5.02 Å². The molecule has 1 aliphatic rings. The lowest BCUT2D eigenvalue weighted by Gasteiger charge is -2.26. The van der Waals surface area contributed by atoms with Crippen molar-refractivity contribution in [2.75, 3.05) is 6.54 Å². The van der Waals surface area contributed by atoms with Crippen molar-refractivity contribution in [2.45, 2.75) is 38.4 Å². The zero-order valence-corrected chi connectivity index (χ0v) is 10.3. The number of nitrogens with zero attached hydrogens (tertiary/aromatic N) is 2. The van der Waals surface area contributed by atoms with E-state index in [9.17, 15) is 4.39 Å². The maximum atomic E-state index is 14.9. The van der Waals surface area contributed by atoms with Crippen molar-refractivity contribution < 1.29 is 4.39 Å². The Labute approximate surface area is 99.8 Å². The molecule has 1 atom stereocenters. The highest BCUT2D eigenvalue weighted by molar-refractivity contribution is 6.31. The fourth-order valence-electron chi connectivity index (χ4n) is 2.12. The number of aromatic nitrogens is 2. The van der Waals surface area contributed by atoms with Crippen LogP contribution >= 0.6 is 11.6 Å². The molecule has 90 valence electrons. The molecule has 0 saturated heterocycles. The third-order valence-electron chi connectivity index (χ3n) is 3.16. The van der Waals surface area contributed by atoms with Gasteiger partial charge in [0.2, 0.25) is 0 Å². The third kappa shape index (κ3) is 1.74. The van der Waals surface area contributed by atoms with Gasteiger partial charge in [-0.1, -0.05) is 11.6 Å². The third-order valence-corrected chi connectivity index (χ3v) is 3.43. The summed E-state index contributed by atoms with van der Waals surface area (Å²) < 4.78 is 16.5. The highest BCUT2D eigenvalue weighted by Gasteiger charge is 2.49. The average Bonchev–Trinajstić information content (AvgIpc) is 3.01. The number of rotatable bonds is 4. The molecule has 1 unspecified atom stereocenters. The highest BCUT2D eigenvalue weighted by atomic mass is 35.5. The Morgan fingerprint density at radius 1 is 1.69 bits per heavy atom. The van der Waals surface area contributed by atoms with Crippen LogP contribution in [-0.2, 0) is 5.67 Å². The van der Waals surface area contributed by atoms with E-state index in [0.717, 1.165) is 12.8 Å². The Bertz CT molecular complexity index is 387. The van der Waals surface area contributed by atoms with Crippen LogP contribution in [0.15, 0.2) is 6.20 Å². The Kier molecular flexibility index (Phi) is 2.97. The summed E-state index contributed by atoms with van der Waals surface area (Å²) in [4.78, 5) is 0. The normalized spacial score (nSPS) is 20.1. The molecule has 0 aliphatic heterocycles. The first-order valence-corrected chi connectivity index (χ1v) is 6.01. The Morgan fingerprint density at radius 2 is 2.31 bits per heavy atom. The molecule has 5 heteroatoms. The number of hydrogen-bond acceptors (Lipinski definition) is 2. The molecule has 0 spiro atoms. The standard InChI is InChI=1S/C11H17ClFN3/c1-7(2)16-10(9(12)5-15-16)11(13,6-14)8-3-4-8/h5,7-8H,3-4,6,14H2,1-2H3. The molecule has 1 aromatic rings. The molecule has 1 saturated carbocycles. The largest absolute Gasteiger partial charge is 0.327 e. The van der Waals surface area contributed by atoms with Crippen LogP contribution < -0.4 is 5.73 Å². The molecule has 0 radical (unpaired) electrons. The van der Waals surface area contributed by atoms with E-state index in [2.05, 4.69) is 5.10 Å². The van der Waals surface area contributed by atoms with Gasteiger partial charge in [0, 0.05) is 18.5 Å². The number of halogens is 2. The average molecular weight is 246 g/mol. The summed E-state index contributed by atoms with van der Waals surface area (Å²) in [5.41, 5.74) is 4.54. The van der Waals surface area contributed by atoms with Crippen molar-refractivity contribution in [3.63, 3.8) is 0 Å². The van der Waals surface area contributed by atoms with E-state index >= 15 is 0 Å². The van der Waals surface area contributed by atoms with Crippen LogP contribution in [-0.4, -0.2) is 16.3 Å². The van der Waals surface area contributed by atoms with Crippen LogP contribution in [0.3, 0.4) is 0 Å². The first kappa shape index (κ1) is 11.9. The molecule has 2 N–H and O–H groups in total. The minimum atomic E-state index is -1.52. The lowest BCUT2D eigenvalue weighted by Crippen LogP contribution is -2.35. The van der Waals surface area contributed by atoms with E-state index < -0.39 is 5.67 Å². The van der Waals surface area contributed by atoms with E-state index in [1.165, 1.54) is 6.20 Å².